The number of pyridine rings is 1. The zero-order valence-electron chi connectivity index (χ0n) is 15.8. The second-order valence-corrected chi connectivity index (χ2v) is 7.01. The Morgan fingerprint density at radius 2 is 1.76 bits per heavy atom. The lowest BCUT2D eigenvalue weighted by molar-refractivity contribution is 0.130. The van der Waals surface area contributed by atoms with Gasteiger partial charge in [0.15, 0.2) is 0 Å². The molecule has 0 unspecified atom stereocenters. The van der Waals surface area contributed by atoms with E-state index in [1.54, 1.807) is 12.4 Å². The fourth-order valence-corrected chi connectivity index (χ4v) is 3.68. The lowest BCUT2D eigenvalue weighted by Gasteiger charge is -2.08. The van der Waals surface area contributed by atoms with E-state index in [9.17, 15) is 0 Å². The van der Waals surface area contributed by atoms with Crippen molar-refractivity contribution in [3.63, 3.8) is 0 Å². The Labute approximate surface area is 169 Å². The standard InChI is InChI=1S/C24H19N4O/c1-2-4-17(5-3-1)16-29-28-23-9-7-19-14-20(6-8-21(19)23)22-15-26-27-24(22)18-10-12-25-13-11-18/h1-6,8,10-15H,7,9,16H2. The normalized spacial score (nSPS) is 16.2. The van der Waals surface area contributed by atoms with Crippen molar-refractivity contribution >= 4 is 17.0 Å². The summed E-state index contributed by atoms with van der Waals surface area (Å²) in [5.41, 5.74) is 12.8. The maximum atomic E-state index is 5.60. The summed E-state index contributed by atoms with van der Waals surface area (Å²) in [5, 5.41) is 8.72. The molecule has 0 fully saturated rings. The molecule has 1 aromatic heterocycles. The smallest absolute Gasteiger partial charge is 0.142 e. The van der Waals surface area contributed by atoms with Crippen molar-refractivity contribution < 1.29 is 4.84 Å². The molecule has 0 saturated carbocycles. The second kappa shape index (κ2) is 7.72. The number of hydrogen-bond acceptors (Lipinski definition) is 4. The van der Waals surface area contributed by atoms with E-state index in [2.05, 4.69) is 38.9 Å². The van der Waals surface area contributed by atoms with Gasteiger partial charge in [0.2, 0.25) is 0 Å². The molecular weight excluding hydrogens is 360 g/mol. The Kier molecular flexibility index (Phi) is 4.62. The van der Waals surface area contributed by atoms with Crippen molar-refractivity contribution in [3.05, 3.63) is 107 Å². The summed E-state index contributed by atoms with van der Waals surface area (Å²) in [5.74, 6) is 0. The van der Waals surface area contributed by atoms with Crippen LogP contribution < -0.4 is 5.43 Å². The number of oxime groups is 1. The van der Waals surface area contributed by atoms with Crippen molar-refractivity contribution in [3.8, 4) is 0 Å². The maximum absolute atomic E-state index is 5.60. The van der Waals surface area contributed by atoms with Crippen LogP contribution >= 0.6 is 0 Å². The van der Waals surface area contributed by atoms with Crippen LogP contribution in [0.1, 0.15) is 34.2 Å². The molecule has 5 rings (SSSR count). The van der Waals surface area contributed by atoms with Gasteiger partial charge < -0.3 is 4.84 Å². The Hall–Kier alpha value is -3.73. The van der Waals surface area contributed by atoms with Gasteiger partial charge in [-0.15, -0.1) is 5.10 Å². The molecule has 5 heteroatoms. The van der Waals surface area contributed by atoms with E-state index < -0.39 is 0 Å². The van der Waals surface area contributed by atoms with Crippen molar-refractivity contribution in [2.24, 2.45) is 10.3 Å². The molecule has 0 bridgehead atoms. The van der Waals surface area contributed by atoms with Gasteiger partial charge in [-0.1, -0.05) is 53.7 Å². The molecule has 1 radical (unpaired) electrons. The first-order valence-corrected chi connectivity index (χ1v) is 9.64. The summed E-state index contributed by atoms with van der Waals surface area (Å²) in [6, 6.07) is 20.5. The van der Waals surface area contributed by atoms with E-state index in [0.717, 1.165) is 46.5 Å². The summed E-state index contributed by atoms with van der Waals surface area (Å²) in [7, 11) is 0. The van der Waals surface area contributed by atoms with Gasteiger partial charge in [0.25, 0.3) is 0 Å². The third kappa shape index (κ3) is 3.55. The Morgan fingerprint density at radius 1 is 0.897 bits per heavy atom. The predicted molar refractivity (Wildman–Crippen MR) is 113 cm³/mol. The van der Waals surface area contributed by atoms with Crippen LogP contribution in [0.3, 0.4) is 0 Å². The van der Waals surface area contributed by atoms with Crippen LogP contribution in [0, 0.1) is 0 Å². The summed E-state index contributed by atoms with van der Waals surface area (Å²) in [6.45, 7) is 0.484. The zero-order valence-corrected chi connectivity index (χ0v) is 15.8. The fourth-order valence-electron chi connectivity index (χ4n) is 3.68. The number of nitrogens with zero attached hydrogens (tertiary/aromatic N) is 4. The molecule has 1 aliphatic carbocycles. The molecule has 141 valence electrons. The predicted octanol–water partition coefficient (Wildman–Crippen LogP) is 4.31. The summed E-state index contributed by atoms with van der Waals surface area (Å²) in [4.78, 5) is 9.69. The second-order valence-electron chi connectivity index (χ2n) is 7.01. The quantitative estimate of drug-likeness (QED) is 0.620. The number of rotatable bonds is 5. The van der Waals surface area contributed by atoms with Crippen molar-refractivity contribution in [1.82, 2.24) is 10.4 Å². The Balaban J connectivity index is 1.35. The number of aryl methyl sites for hydroxylation is 1. The highest BCUT2D eigenvalue weighted by atomic mass is 16.6. The minimum absolute atomic E-state index is 0.484. The first kappa shape index (κ1) is 17.4. The topological polar surface area (TPSA) is 60.9 Å². The number of aromatic nitrogens is 1. The zero-order chi connectivity index (χ0) is 19.5. The molecule has 2 heterocycles. The fraction of sp³-hybridized carbons (Fsp3) is 0.125. The molecule has 2 aromatic carbocycles. The van der Waals surface area contributed by atoms with Crippen molar-refractivity contribution in [1.29, 1.82) is 0 Å². The van der Waals surface area contributed by atoms with Gasteiger partial charge >= 0.3 is 0 Å². The SMILES string of the molecule is C1=C(c2ccc3c(c2)CCC3=NOCc2ccccc2)C(c2ccncc2)=N[N]1. The van der Waals surface area contributed by atoms with E-state index in [4.69, 9.17) is 4.84 Å². The molecule has 5 nitrogen and oxygen atoms in total. The molecular formula is C24H19N4O. The van der Waals surface area contributed by atoms with Crippen LogP contribution in [-0.4, -0.2) is 16.4 Å². The van der Waals surface area contributed by atoms with Crippen LogP contribution in [0.25, 0.3) is 5.57 Å². The third-order valence-corrected chi connectivity index (χ3v) is 5.16. The molecule has 3 aromatic rings. The molecule has 1 aliphatic heterocycles. The lowest BCUT2D eigenvalue weighted by atomic mass is 9.95. The van der Waals surface area contributed by atoms with Crippen LogP contribution in [0.5, 0.6) is 0 Å². The Bertz CT molecular complexity index is 1120. The Morgan fingerprint density at radius 3 is 2.62 bits per heavy atom. The lowest BCUT2D eigenvalue weighted by Crippen LogP contribution is -2.03. The molecule has 2 aliphatic rings. The summed E-state index contributed by atoms with van der Waals surface area (Å²) >= 11 is 0. The van der Waals surface area contributed by atoms with Crippen LogP contribution in [0.2, 0.25) is 0 Å². The number of allylic oxidation sites excluding steroid dienone is 1. The molecule has 0 spiro atoms. The van der Waals surface area contributed by atoms with Crippen LogP contribution in [0.15, 0.2) is 89.5 Å². The first-order valence-electron chi connectivity index (χ1n) is 9.64. The number of hydrogen-bond donors (Lipinski definition) is 0. The van der Waals surface area contributed by atoms with Crippen LogP contribution in [0.4, 0.5) is 0 Å². The summed E-state index contributed by atoms with van der Waals surface area (Å²) < 4.78 is 0. The van der Waals surface area contributed by atoms with Gasteiger partial charge in [-0.2, -0.15) is 5.43 Å². The van der Waals surface area contributed by atoms with Gasteiger partial charge in [-0.3, -0.25) is 4.98 Å². The molecule has 0 amide bonds. The average molecular weight is 379 g/mol. The van der Waals surface area contributed by atoms with Gasteiger partial charge in [-0.05, 0) is 41.7 Å². The van der Waals surface area contributed by atoms with Crippen LogP contribution in [-0.2, 0) is 17.9 Å². The molecule has 0 atom stereocenters. The van der Waals surface area contributed by atoms with Gasteiger partial charge in [0, 0.05) is 29.1 Å². The minimum Gasteiger partial charge on any atom is -0.391 e. The monoisotopic (exact) mass is 379 g/mol. The van der Waals surface area contributed by atoms with Gasteiger partial charge in [0.05, 0.1) is 11.9 Å². The highest BCUT2D eigenvalue weighted by molar-refractivity contribution is 6.32. The highest BCUT2D eigenvalue weighted by Gasteiger charge is 2.22. The van der Waals surface area contributed by atoms with Gasteiger partial charge in [0.1, 0.15) is 12.3 Å². The molecule has 0 saturated heterocycles. The van der Waals surface area contributed by atoms with Crippen molar-refractivity contribution in [2.45, 2.75) is 19.4 Å². The molecule has 29 heavy (non-hydrogen) atoms. The van der Waals surface area contributed by atoms with Crippen molar-refractivity contribution in [2.75, 3.05) is 0 Å². The molecule has 0 N–H and O–H groups in total. The number of fused-ring (bicyclic) bond motifs is 1. The minimum atomic E-state index is 0.484. The highest BCUT2D eigenvalue weighted by Crippen LogP contribution is 2.29. The van der Waals surface area contributed by atoms with E-state index in [1.165, 1.54) is 11.1 Å². The average Bonchev–Trinajstić information content (AvgIpc) is 3.42. The third-order valence-electron chi connectivity index (χ3n) is 5.16. The van der Waals surface area contributed by atoms with Gasteiger partial charge in [-0.25, -0.2) is 0 Å². The van der Waals surface area contributed by atoms with E-state index in [-0.39, 0.29) is 0 Å². The summed E-state index contributed by atoms with van der Waals surface area (Å²) in [6.07, 6.45) is 7.22. The van der Waals surface area contributed by atoms with E-state index in [1.807, 2.05) is 48.7 Å². The maximum Gasteiger partial charge on any atom is 0.142 e. The largest absolute Gasteiger partial charge is 0.391 e. The van der Waals surface area contributed by atoms with E-state index >= 15 is 0 Å². The first-order chi connectivity index (χ1) is 14.4. The van der Waals surface area contributed by atoms with E-state index in [0.29, 0.717) is 6.61 Å². The number of benzene rings is 2.